The minimum absolute atomic E-state index is 0.0141. The highest BCUT2D eigenvalue weighted by Crippen LogP contribution is 2.16. The third-order valence-electron chi connectivity index (χ3n) is 1.76. The highest BCUT2D eigenvalue weighted by molar-refractivity contribution is 5.73. The fraction of sp³-hybridized carbons (Fsp3) is 0.222. The summed E-state index contributed by atoms with van der Waals surface area (Å²) in [5.74, 6) is 4.39. The monoisotopic (exact) mass is 180 g/mol. The van der Waals surface area contributed by atoms with E-state index in [-0.39, 0.29) is 6.42 Å². The second-order valence-corrected chi connectivity index (χ2v) is 2.88. The van der Waals surface area contributed by atoms with Crippen molar-refractivity contribution in [2.75, 3.05) is 5.43 Å². The van der Waals surface area contributed by atoms with Crippen LogP contribution in [0.4, 0.5) is 5.69 Å². The second-order valence-electron chi connectivity index (χ2n) is 2.88. The van der Waals surface area contributed by atoms with Crippen LogP contribution in [-0.4, -0.2) is 11.1 Å². The van der Waals surface area contributed by atoms with Crippen molar-refractivity contribution < 1.29 is 9.90 Å². The van der Waals surface area contributed by atoms with E-state index >= 15 is 0 Å². The summed E-state index contributed by atoms with van der Waals surface area (Å²) in [6.45, 7) is 1.92. The minimum atomic E-state index is -0.861. The number of hydrogen-bond acceptors (Lipinski definition) is 3. The van der Waals surface area contributed by atoms with Crippen LogP contribution >= 0.6 is 0 Å². The predicted molar refractivity (Wildman–Crippen MR) is 50.3 cm³/mol. The number of rotatable bonds is 3. The Morgan fingerprint density at radius 3 is 2.85 bits per heavy atom. The van der Waals surface area contributed by atoms with Gasteiger partial charge in [-0.15, -0.1) is 0 Å². The van der Waals surface area contributed by atoms with Crippen LogP contribution in [0.5, 0.6) is 0 Å². The lowest BCUT2D eigenvalue weighted by Crippen LogP contribution is -2.11. The summed E-state index contributed by atoms with van der Waals surface area (Å²) in [6.07, 6.45) is -0.0141. The molecule has 0 unspecified atom stereocenters. The molecule has 0 saturated heterocycles. The van der Waals surface area contributed by atoms with Crippen LogP contribution in [0, 0.1) is 6.92 Å². The van der Waals surface area contributed by atoms with Crippen LogP contribution in [-0.2, 0) is 11.2 Å². The van der Waals surface area contributed by atoms with Crippen molar-refractivity contribution in [3.8, 4) is 0 Å². The Balaban J connectivity index is 2.99. The van der Waals surface area contributed by atoms with Gasteiger partial charge in [0.05, 0.1) is 12.1 Å². The Morgan fingerprint density at radius 1 is 1.62 bits per heavy atom. The first-order chi connectivity index (χ1) is 6.13. The van der Waals surface area contributed by atoms with Crippen LogP contribution in [0.15, 0.2) is 18.2 Å². The van der Waals surface area contributed by atoms with E-state index in [9.17, 15) is 4.79 Å². The van der Waals surface area contributed by atoms with E-state index in [1.165, 1.54) is 0 Å². The third kappa shape index (κ3) is 2.45. The summed E-state index contributed by atoms with van der Waals surface area (Å²) in [5.41, 5.74) is 4.89. The molecule has 0 aliphatic carbocycles. The number of aryl methyl sites for hydroxylation is 1. The highest BCUT2D eigenvalue weighted by Gasteiger charge is 2.05. The fourth-order valence-electron chi connectivity index (χ4n) is 1.14. The average Bonchev–Trinajstić information content (AvgIpc) is 2.07. The quantitative estimate of drug-likeness (QED) is 0.477. The topological polar surface area (TPSA) is 75.3 Å². The van der Waals surface area contributed by atoms with E-state index < -0.39 is 5.97 Å². The van der Waals surface area contributed by atoms with Gasteiger partial charge < -0.3 is 10.5 Å². The van der Waals surface area contributed by atoms with Crippen molar-refractivity contribution >= 4 is 11.7 Å². The van der Waals surface area contributed by atoms with Gasteiger partial charge in [0.25, 0.3) is 0 Å². The van der Waals surface area contributed by atoms with E-state index in [1.54, 1.807) is 6.07 Å². The molecule has 1 rings (SSSR count). The molecule has 0 aliphatic heterocycles. The molecule has 4 heteroatoms. The number of anilines is 1. The minimum Gasteiger partial charge on any atom is -0.481 e. The van der Waals surface area contributed by atoms with Gasteiger partial charge in [-0.1, -0.05) is 12.1 Å². The lowest BCUT2D eigenvalue weighted by molar-refractivity contribution is -0.136. The largest absolute Gasteiger partial charge is 0.481 e. The zero-order valence-electron chi connectivity index (χ0n) is 7.37. The Kier molecular flexibility index (Phi) is 2.87. The Morgan fingerprint density at radius 2 is 2.31 bits per heavy atom. The molecule has 1 aromatic rings. The van der Waals surface area contributed by atoms with Gasteiger partial charge in [-0.25, -0.2) is 0 Å². The molecule has 0 amide bonds. The molecule has 0 fully saturated rings. The number of carboxylic acid groups (broad SMARTS) is 1. The summed E-state index contributed by atoms with van der Waals surface area (Å²) in [7, 11) is 0. The van der Waals surface area contributed by atoms with E-state index in [4.69, 9.17) is 10.9 Å². The Hall–Kier alpha value is -1.55. The molecule has 4 N–H and O–H groups in total. The van der Waals surface area contributed by atoms with Gasteiger partial charge in [0.15, 0.2) is 0 Å². The van der Waals surface area contributed by atoms with Gasteiger partial charge in [0.2, 0.25) is 0 Å². The maximum Gasteiger partial charge on any atom is 0.307 e. The van der Waals surface area contributed by atoms with Crippen molar-refractivity contribution in [2.45, 2.75) is 13.3 Å². The molecule has 0 aromatic heterocycles. The van der Waals surface area contributed by atoms with Crippen molar-refractivity contribution in [3.63, 3.8) is 0 Å². The van der Waals surface area contributed by atoms with Gasteiger partial charge >= 0.3 is 5.97 Å². The van der Waals surface area contributed by atoms with Crippen LogP contribution in [0.2, 0.25) is 0 Å². The van der Waals surface area contributed by atoms with Crippen molar-refractivity contribution in [1.29, 1.82) is 0 Å². The average molecular weight is 180 g/mol. The van der Waals surface area contributed by atoms with Gasteiger partial charge in [0.1, 0.15) is 0 Å². The molecular weight excluding hydrogens is 168 g/mol. The summed E-state index contributed by atoms with van der Waals surface area (Å²) in [6, 6.07) is 5.44. The standard InChI is InChI=1S/C9H12N2O2/c1-6-2-3-7(5-9(12)13)8(4-6)11-10/h2-4,11H,5,10H2,1H3,(H,12,13). The van der Waals surface area contributed by atoms with Crippen molar-refractivity contribution in [1.82, 2.24) is 0 Å². The third-order valence-corrected chi connectivity index (χ3v) is 1.76. The number of hydrazine groups is 1. The number of nitrogens with one attached hydrogen (secondary N) is 1. The highest BCUT2D eigenvalue weighted by atomic mass is 16.4. The van der Waals surface area contributed by atoms with E-state index in [1.807, 2.05) is 19.1 Å². The maximum absolute atomic E-state index is 10.5. The number of aliphatic carboxylic acids is 1. The zero-order chi connectivity index (χ0) is 9.84. The van der Waals surface area contributed by atoms with Crippen LogP contribution < -0.4 is 11.3 Å². The van der Waals surface area contributed by atoms with E-state index in [0.717, 1.165) is 5.56 Å². The van der Waals surface area contributed by atoms with E-state index in [2.05, 4.69) is 5.43 Å². The summed E-state index contributed by atoms with van der Waals surface area (Å²) in [4.78, 5) is 10.5. The molecule has 4 nitrogen and oxygen atoms in total. The number of carboxylic acids is 1. The normalized spacial score (nSPS) is 9.69. The predicted octanol–water partition coefficient (Wildman–Crippen LogP) is 0.908. The van der Waals surface area contributed by atoms with Crippen LogP contribution in [0.25, 0.3) is 0 Å². The lowest BCUT2D eigenvalue weighted by Gasteiger charge is -2.07. The number of hydrogen-bond donors (Lipinski definition) is 3. The first-order valence-electron chi connectivity index (χ1n) is 3.91. The number of carbonyl (C=O) groups is 1. The Bertz CT molecular complexity index is 323. The Labute approximate surface area is 76.3 Å². The smallest absolute Gasteiger partial charge is 0.307 e. The molecule has 0 spiro atoms. The fourth-order valence-corrected chi connectivity index (χ4v) is 1.14. The molecule has 0 bridgehead atoms. The molecular formula is C9H12N2O2. The summed E-state index contributed by atoms with van der Waals surface area (Å²) < 4.78 is 0. The van der Waals surface area contributed by atoms with Crippen molar-refractivity contribution in [3.05, 3.63) is 29.3 Å². The number of nitrogens with two attached hydrogens (primary N) is 1. The van der Waals surface area contributed by atoms with Gasteiger partial charge in [-0.3, -0.25) is 10.6 Å². The van der Waals surface area contributed by atoms with Crippen molar-refractivity contribution in [2.24, 2.45) is 5.84 Å². The van der Waals surface area contributed by atoms with Gasteiger partial charge in [-0.2, -0.15) is 0 Å². The molecule has 0 aliphatic rings. The number of nitrogen functional groups attached to an aromatic ring is 1. The van der Waals surface area contributed by atoms with Crippen LogP contribution in [0.1, 0.15) is 11.1 Å². The maximum atomic E-state index is 10.5. The molecule has 0 radical (unpaired) electrons. The molecule has 0 atom stereocenters. The molecule has 0 saturated carbocycles. The van der Waals surface area contributed by atoms with E-state index in [0.29, 0.717) is 11.3 Å². The van der Waals surface area contributed by atoms with Gasteiger partial charge in [0, 0.05) is 0 Å². The SMILES string of the molecule is Cc1ccc(CC(=O)O)c(NN)c1. The summed E-state index contributed by atoms with van der Waals surface area (Å²) in [5, 5.41) is 8.59. The molecule has 13 heavy (non-hydrogen) atoms. The van der Waals surface area contributed by atoms with Gasteiger partial charge in [-0.05, 0) is 24.1 Å². The lowest BCUT2D eigenvalue weighted by atomic mass is 10.1. The first kappa shape index (κ1) is 9.54. The summed E-state index contributed by atoms with van der Waals surface area (Å²) >= 11 is 0. The first-order valence-corrected chi connectivity index (χ1v) is 3.91. The molecule has 1 aromatic carbocycles. The number of benzene rings is 1. The molecule has 70 valence electrons. The zero-order valence-corrected chi connectivity index (χ0v) is 7.37. The second kappa shape index (κ2) is 3.91. The molecule has 0 heterocycles. The van der Waals surface area contributed by atoms with Crippen LogP contribution in [0.3, 0.4) is 0 Å².